The Bertz CT molecular complexity index is 1040. The predicted octanol–water partition coefficient (Wildman–Crippen LogP) is 8.21. The Morgan fingerprint density at radius 3 is 2.23 bits per heavy atom. The van der Waals surface area contributed by atoms with Gasteiger partial charge in [0, 0.05) is 5.56 Å². The van der Waals surface area contributed by atoms with Crippen molar-refractivity contribution in [2.45, 2.75) is 39.5 Å². The van der Waals surface area contributed by atoms with Gasteiger partial charge in [-0.2, -0.15) is 0 Å². The molecule has 0 N–H and O–H groups in total. The highest BCUT2D eigenvalue weighted by atomic mass is 19.2. The number of unbranched alkanes of at least 4 members (excludes halogenated alkanes) is 3. The lowest BCUT2D eigenvalue weighted by Crippen LogP contribution is -1.99. The fraction of sp³-hybridized carbons (Fsp3) is 0.259. The minimum Gasteiger partial charge on any atom is -0.491 e. The summed E-state index contributed by atoms with van der Waals surface area (Å²) in [5.41, 5.74) is 2.91. The van der Waals surface area contributed by atoms with E-state index >= 15 is 0 Å². The highest BCUT2D eigenvalue weighted by molar-refractivity contribution is 5.72. The fourth-order valence-corrected chi connectivity index (χ4v) is 3.27. The summed E-state index contributed by atoms with van der Waals surface area (Å²) in [6, 6.07) is 15.5. The number of benzene rings is 3. The fourth-order valence-electron chi connectivity index (χ4n) is 3.27. The van der Waals surface area contributed by atoms with Crippen molar-refractivity contribution in [3.63, 3.8) is 0 Å². The van der Waals surface area contributed by atoms with Gasteiger partial charge in [-0.15, -0.1) is 0 Å². The number of rotatable bonds is 9. The van der Waals surface area contributed by atoms with Crippen LogP contribution in [0.4, 0.5) is 13.2 Å². The molecule has 0 aliphatic rings. The van der Waals surface area contributed by atoms with E-state index in [1.165, 1.54) is 13.0 Å². The number of ether oxygens (including phenoxy) is 1. The smallest absolute Gasteiger partial charge is 0.166 e. The summed E-state index contributed by atoms with van der Waals surface area (Å²) in [7, 11) is 0. The average Bonchev–Trinajstić information content (AvgIpc) is 2.78. The van der Waals surface area contributed by atoms with Crippen LogP contribution in [-0.4, -0.2) is 6.61 Å². The molecular formula is C27H27F3O. The first-order valence-corrected chi connectivity index (χ1v) is 10.6. The lowest BCUT2D eigenvalue weighted by atomic mass is 10.0. The van der Waals surface area contributed by atoms with Crippen LogP contribution in [0.1, 0.15) is 49.3 Å². The largest absolute Gasteiger partial charge is 0.491 e. The number of hydrogen-bond donors (Lipinski definition) is 0. The molecule has 0 spiro atoms. The number of halogens is 3. The van der Waals surface area contributed by atoms with Gasteiger partial charge in [-0.1, -0.05) is 80.8 Å². The molecule has 0 amide bonds. The Labute approximate surface area is 182 Å². The van der Waals surface area contributed by atoms with Crippen LogP contribution in [0.3, 0.4) is 0 Å². The van der Waals surface area contributed by atoms with Crippen molar-refractivity contribution < 1.29 is 17.9 Å². The van der Waals surface area contributed by atoms with Crippen LogP contribution in [0.5, 0.6) is 5.75 Å². The molecule has 0 heterocycles. The van der Waals surface area contributed by atoms with E-state index in [2.05, 4.69) is 6.92 Å². The first kappa shape index (κ1) is 22.7. The standard InChI is InChI=1S/C27H27F3O/c1-3-4-5-6-17-31-25-16-15-23(18-24(25)28)21-12-8-20(9-13-21)10-14-22-11-7-19(2)26(29)27(22)30/h7-16,18H,3-6,17H2,1-2H3/b14-10+. The van der Waals surface area contributed by atoms with Crippen molar-refractivity contribution in [2.75, 3.05) is 6.61 Å². The van der Waals surface area contributed by atoms with E-state index in [4.69, 9.17) is 4.74 Å². The molecule has 0 unspecified atom stereocenters. The Balaban J connectivity index is 1.66. The second-order valence-electron chi connectivity index (χ2n) is 7.61. The van der Waals surface area contributed by atoms with E-state index in [0.29, 0.717) is 6.61 Å². The van der Waals surface area contributed by atoms with E-state index in [-0.39, 0.29) is 22.7 Å². The molecule has 1 nitrogen and oxygen atoms in total. The molecule has 4 heteroatoms. The molecule has 0 aromatic heterocycles. The summed E-state index contributed by atoms with van der Waals surface area (Å²) >= 11 is 0. The summed E-state index contributed by atoms with van der Waals surface area (Å²) in [5.74, 6) is -1.79. The van der Waals surface area contributed by atoms with Crippen LogP contribution in [0.15, 0.2) is 54.6 Å². The third kappa shape index (κ3) is 6.00. The van der Waals surface area contributed by atoms with Crippen molar-refractivity contribution in [2.24, 2.45) is 0 Å². The molecule has 31 heavy (non-hydrogen) atoms. The van der Waals surface area contributed by atoms with Gasteiger partial charge < -0.3 is 4.74 Å². The summed E-state index contributed by atoms with van der Waals surface area (Å²) < 4.78 is 47.6. The van der Waals surface area contributed by atoms with Crippen LogP contribution >= 0.6 is 0 Å². The minimum atomic E-state index is -0.851. The van der Waals surface area contributed by atoms with E-state index < -0.39 is 11.6 Å². The van der Waals surface area contributed by atoms with Gasteiger partial charge in [0.1, 0.15) is 0 Å². The molecule has 0 saturated carbocycles. The first-order chi connectivity index (χ1) is 15.0. The van der Waals surface area contributed by atoms with Crippen molar-refractivity contribution in [1.29, 1.82) is 0 Å². The average molecular weight is 425 g/mol. The van der Waals surface area contributed by atoms with Gasteiger partial charge in [0.05, 0.1) is 6.61 Å². The molecule has 3 aromatic carbocycles. The predicted molar refractivity (Wildman–Crippen MR) is 121 cm³/mol. The zero-order valence-corrected chi connectivity index (χ0v) is 17.9. The van der Waals surface area contributed by atoms with Gasteiger partial charge >= 0.3 is 0 Å². The summed E-state index contributed by atoms with van der Waals surface area (Å²) in [6.45, 7) is 4.19. The van der Waals surface area contributed by atoms with Crippen LogP contribution in [0, 0.1) is 24.4 Å². The molecule has 0 aliphatic carbocycles. The van der Waals surface area contributed by atoms with Gasteiger partial charge in [0.15, 0.2) is 23.2 Å². The molecular weight excluding hydrogens is 397 g/mol. The quantitative estimate of drug-likeness (QED) is 0.248. The zero-order chi connectivity index (χ0) is 22.2. The van der Waals surface area contributed by atoms with E-state index in [9.17, 15) is 13.2 Å². The first-order valence-electron chi connectivity index (χ1n) is 10.6. The minimum absolute atomic E-state index is 0.194. The second-order valence-corrected chi connectivity index (χ2v) is 7.61. The zero-order valence-electron chi connectivity index (χ0n) is 17.9. The maximum Gasteiger partial charge on any atom is 0.166 e. The van der Waals surface area contributed by atoms with Gasteiger partial charge in [-0.05, 0) is 47.7 Å². The lowest BCUT2D eigenvalue weighted by Gasteiger charge is -2.09. The van der Waals surface area contributed by atoms with Gasteiger partial charge in [-0.25, -0.2) is 13.2 Å². The van der Waals surface area contributed by atoms with Crippen molar-refractivity contribution in [3.05, 3.63) is 88.7 Å². The van der Waals surface area contributed by atoms with E-state index in [1.54, 1.807) is 30.4 Å². The van der Waals surface area contributed by atoms with E-state index in [0.717, 1.165) is 42.4 Å². The molecule has 0 bridgehead atoms. The summed E-state index contributed by atoms with van der Waals surface area (Å²) in [5, 5.41) is 0. The third-order valence-electron chi connectivity index (χ3n) is 5.19. The van der Waals surface area contributed by atoms with Crippen molar-refractivity contribution in [3.8, 4) is 16.9 Å². The van der Waals surface area contributed by atoms with Crippen LogP contribution in [-0.2, 0) is 0 Å². The maximum atomic E-state index is 14.4. The van der Waals surface area contributed by atoms with Crippen LogP contribution < -0.4 is 4.74 Å². The molecule has 0 radical (unpaired) electrons. The molecule has 0 atom stereocenters. The van der Waals surface area contributed by atoms with E-state index in [1.807, 2.05) is 30.3 Å². The molecule has 3 aromatic rings. The monoisotopic (exact) mass is 424 g/mol. The van der Waals surface area contributed by atoms with Crippen molar-refractivity contribution in [1.82, 2.24) is 0 Å². The Morgan fingerprint density at radius 2 is 1.52 bits per heavy atom. The molecule has 0 aliphatic heterocycles. The van der Waals surface area contributed by atoms with Gasteiger partial charge in [-0.3, -0.25) is 0 Å². The lowest BCUT2D eigenvalue weighted by molar-refractivity contribution is 0.290. The normalized spacial score (nSPS) is 11.3. The Kier molecular flexibility index (Phi) is 7.94. The highest BCUT2D eigenvalue weighted by Crippen LogP contribution is 2.27. The molecule has 162 valence electrons. The van der Waals surface area contributed by atoms with Crippen LogP contribution in [0.25, 0.3) is 23.3 Å². The Morgan fingerprint density at radius 1 is 0.774 bits per heavy atom. The second kappa shape index (κ2) is 10.9. The van der Waals surface area contributed by atoms with Gasteiger partial charge in [0.25, 0.3) is 0 Å². The Hall–Kier alpha value is -3.01. The van der Waals surface area contributed by atoms with Gasteiger partial charge in [0.2, 0.25) is 0 Å². The molecule has 0 saturated heterocycles. The number of aryl methyl sites for hydroxylation is 1. The maximum absolute atomic E-state index is 14.4. The molecule has 3 rings (SSSR count). The molecule has 0 fully saturated rings. The highest BCUT2D eigenvalue weighted by Gasteiger charge is 2.09. The SMILES string of the molecule is CCCCCCOc1ccc(-c2ccc(/C=C/c3ccc(C)c(F)c3F)cc2)cc1F. The van der Waals surface area contributed by atoms with Crippen molar-refractivity contribution >= 4 is 12.2 Å². The summed E-state index contributed by atoms with van der Waals surface area (Å²) in [6.07, 6.45) is 7.57. The van der Waals surface area contributed by atoms with Crippen LogP contribution in [0.2, 0.25) is 0 Å². The summed E-state index contributed by atoms with van der Waals surface area (Å²) in [4.78, 5) is 0. The third-order valence-corrected chi connectivity index (χ3v) is 5.19. The topological polar surface area (TPSA) is 9.23 Å². The number of hydrogen-bond acceptors (Lipinski definition) is 1.